The molecule has 2 fully saturated rings. The lowest BCUT2D eigenvalue weighted by molar-refractivity contribution is 0.350. The molecule has 1 aromatic rings. The number of nitrogens with zero attached hydrogens (tertiary/aromatic N) is 2. The van der Waals surface area contributed by atoms with Crippen molar-refractivity contribution in [2.75, 3.05) is 0 Å². The van der Waals surface area contributed by atoms with E-state index in [1.807, 2.05) is 11.7 Å². The minimum Gasteiger partial charge on any atom is -0.310 e. The van der Waals surface area contributed by atoms with E-state index in [1.54, 1.807) is 0 Å². The molecule has 0 saturated heterocycles. The number of hydrogen-bond acceptors (Lipinski definition) is 2. The number of aromatic nitrogens is 2. The van der Waals surface area contributed by atoms with Gasteiger partial charge in [-0.25, -0.2) is 0 Å². The standard InChI is InChI=1S/C15H25N3/c1-10(2)15-13(9-18(3)17-15)8-16-14-7-11-4-5-12(14)6-11/h9-12,14,16H,4-8H2,1-3H3. The van der Waals surface area contributed by atoms with Crippen LogP contribution >= 0.6 is 0 Å². The van der Waals surface area contributed by atoms with E-state index < -0.39 is 0 Å². The molecule has 2 bridgehead atoms. The van der Waals surface area contributed by atoms with Gasteiger partial charge in [-0.15, -0.1) is 0 Å². The molecule has 3 heteroatoms. The zero-order valence-electron chi connectivity index (χ0n) is 11.8. The predicted molar refractivity (Wildman–Crippen MR) is 73.4 cm³/mol. The van der Waals surface area contributed by atoms with Crippen molar-refractivity contribution >= 4 is 0 Å². The van der Waals surface area contributed by atoms with Crippen LogP contribution in [0.1, 0.15) is 56.7 Å². The largest absolute Gasteiger partial charge is 0.310 e. The monoisotopic (exact) mass is 247 g/mol. The van der Waals surface area contributed by atoms with E-state index in [0.29, 0.717) is 5.92 Å². The van der Waals surface area contributed by atoms with Crippen molar-refractivity contribution in [3.63, 3.8) is 0 Å². The lowest BCUT2D eigenvalue weighted by Gasteiger charge is -2.23. The highest BCUT2D eigenvalue weighted by Crippen LogP contribution is 2.44. The topological polar surface area (TPSA) is 29.9 Å². The SMILES string of the molecule is CC(C)c1nn(C)cc1CNC1CC2CCC1C2. The molecule has 2 aliphatic carbocycles. The molecule has 2 aliphatic rings. The second kappa shape index (κ2) is 4.69. The first-order valence-corrected chi connectivity index (χ1v) is 7.39. The van der Waals surface area contributed by atoms with E-state index in [2.05, 4.69) is 30.5 Å². The zero-order valence-corrected chi connectivity index (χ0v) is 11.8. The van der Waals surface area contributed by atoms with Gasteiger partial charge >= 0.3 is 0 Å². The summed E-state index contributed by atoms with van der Waals surface area (Å²) in [6.07, 6.45) is 7.98. The van der Waals surface area contributed by atoms with Crippen molar-refractivity contribution in [3.05, 3.63) is 17.5 Å². The number of hydrogen-bond donors (Lipinski definition) is 1. The van der Waals surface area contributed by atoms with Gasteiger partial charge in [-0.05, 0) is 37.0 Å². The highest BCUT2D eigenvalue weighted by Gasteiger charge is 2.39. The van der Waals surface area contributed by atoms with Gasteiger partial charge in [-0.1, -0.05) is 20.3 Å². The van der Waals surface area contributed by atoms with Crippen LogP contribution in [0.25, 0.3) is 0 Å². The molecule has 3 atom stereocenters. The summed E-state index contributed by atoms with van der Waals surface area (Å²) in [4.78, 5) is 0. The minimum absolute atomic E-state index is 0.517. The Morgan fingerprint density at radius 2 is 2.22 bits per heavy atom. The Hall–Kier alpha value is -0.830. The molecule has 18 heavy (non-hydrogen) atoms. The number of nitrogens with one attached hydrogen (secondary N) is 1. The van der Waals surface area contributed by atoms with Crippen molar-refractivity contribution in [2.45, 2.75) is 58.0 Å². The molecule has 1 heterocycles. The van der Waals surface area contributed by atoms with Crippen LogP contribution < -0.4 is 5.32 Å². The summed E-state index contributed by atoms with van der Waals surface area (Å²) in [7, 11) is 2.02. The molecule has 0 radical (unpaired) electrons. The number of fused-ring (bicyclic) bond motifs is 2. The summed E-state index contributed by atoms with van der Waals surface area (Å²) >= 11 is 0. The Labute approximate surface area is 110 Å². The van der Waals surface area contributed by atoms with Gasteiger partial charge in [-0.2, -0.15) is 5.10 Å². The van der Waals surface area contributed by atoms with Crippen LogP contribution in [-0.4, -0.2) is 15.8 Å². The Bertz CT molecular complexity index is 421. The summed E-state index contributed by atoms with van der Waals surface area (Å²) in [6.45, 7) is 5.45. The first-order valence-electron chi connectivity index (χ1n) is 7.39. The van der Waals surface area contributed by atoms with Gasteiger partial charge in [0.2, 0.25) is 0 Å². The second-order valence-corrected chi connectivity index (χ2v) is 6.53. The van der Waals surface area contributed by atoms with Crippen LogP contribution in [-0.2, 0) is 13.6 Å². The van der Waals surface area contributed by atoms with Crippen LogP contribution in [0.5, 0.6) is 0 Å². The van der Waals surface area contributed by atoms with E-state index in [0.717, 1.165) is 24.4 Å². The van der Waals surface area contributed by atoms with Gasteiger partial charge in [0.15, 0.2) is 0 Å². The van der Waals surface area contributed by atoms with Crippen molar-refractivity contribution in [3.8, 4) is 0 Å². The molecule has 3 nitrogen and oxygen atoms in total. The third-order valence-electron chi connectivity index (χ3n) is 4.78. The smallest absolute Gasteiger partial charge is 0.0694 e. The lowest BCUT2D eigenvalue weighted by Crippen LogP contribution is -2.33. The van der Waals surface area contributed by atoms with E-state index in [4.69, 9.17) is 0 Å². The summed E-state index contributed by atoms with van der Waals surface area (Å²) in [5.74, 6) is 2.49. The minimum atomic E-state index is 0.517. The molecular weight excluding hydrogens is 222 g/mol. The van der Waals surface area contributed by atoms with Crippen LogP contribution in [0.3, 0.4) is 0 Å². The molecule has 0 spiro atoms. The first kappa shape index (κ1) is 12.2. The summed E-state index contributed by atoms with van der Waals surface area (Å²) in [6, 6.07) is 0.768. The van der Waals surface area contributed by atoms with Crippen molar-refractivity contribution < 1.29 is 0 Å². The fourth-order valence-electron chi connectivity index (χ4n) is 3.91. The Balaban J connectivity index is 1.63. The maximum absolute atomic E-state index is 4.58. The van der Waals surface area contributed by atoms with Gasteiger partial charge in [0, 0.05) is 31.4 Å². The van der Waals surface area contributed by atoms with Crippen molar-refractivity contribution in [1.82, 2.24) is 15.1 Å². The Kier molecular flexibility index (Phi) is 3.18. The molecule has 3 rings (SSSR count). The Morgan fingerprint density at radius 3 is 2.83 bits per heavy atom. The molecule has 0 amide bonds. The van der Waals surface area contributed by atoms with Crippen LogP contribution in [0.2, 0.25) is 0 Å². The van der Waals surface area contributed by atoms with Crippen LogP contribution in [0, 0.1) is 11.8 Å². The first-order chi connectivity index (χ1) is 8.63. The van der Waals surface area contributed by atoms with Crippen LogP contribution in [0.15, 0.2) is 6.20 Å². The second-order valence-electron chi connectivity index (χ2n) is 6.53. The third-order valence-corrected chi connectivity index (χ3v) is 4.78. The number of rotatable bonds is 4. The van der Waals surface area contributed by atoms with E-state index in [-0.39, 0.29) is 0 Å². The molecule has 2 saturated carbocycles. The van der Waals surface area contributed by atoms with E-state index >= 15 is 0 Å². The number of aryl methyl sites for hydroxylation is 1. The molecular formula is C15H25N3. The fourth-order valence-corrected chi connectivity index (χ4v) is 3.91. The van der Waals surface area contributed by atoms with E-state index in [1.165, 1.54) is 36.9 Å². The van der Waals surface area contributed by atoms with Crippen molar-refractivity contribution in [1.29, 1.82) is 0 Å². The van der Waals surface area contributed by atoms with Gasteiger partial charge in [0.1, 0.15) is 0 Å². The van der Waals surface area contributed by atoms with Gasteiger partial charge < -0.3 is 5.32 Å². The zero-order chi connectivity index (χ0) is 12.7. The van der Waals surface area contributed by atoms with E-state index in [9.17, 15) is 0 Å². The molecule has 1 N–H and O–H groups in total. The molecule has 0 aromatic carbocycles. The maximum atomic E-state index is 4.58. The average molecular weight is 247 g/mol. The molecule has 3 unspecified atom stereocenters. The third kappa shape index (κ3) is 2.20. The van der Waals surface area contributed by atoms with Gasteiger partial charge in [0.25, 0.3) is 0 Å². The summed E-state index contributed by atoms with van der Waals surface area (Å²) in [5, 5.41) is 8.36. The average Bonchev–Trinajstić information content (AvgIpc) is 3.00. The summed E-state index contributed by atoms with van der Waals surface area (Å²) < 4.78 is 1.95. The fraction of sp³-hybridized carbons (Fsp3) is 0.800. The normalized spacial score (nSPS) is 30.6. The molecule has 0 aliphatic heterocycles. The van der Waals surface area contributed by atoms with Gasteiger partial charge in [-0.3, -0.25) is 4.68 Å². The quantitative estimate of drug-likeness (QED) is 0.886. The highest BCUT2D eigenvalue weighted by atomic mass is 15.3. The van der Waals surface area contributed by atoms with Crippen molar-refractivity contribution in [2.24, 2.45) is 18.9 Å². The maximum Gasteiger partial charge on any atom is 0.0694 e. The van der Waals surface area contributed by atoms with Gasteiger partial charge in [0.05, 0.1) is 5.69 Å². The molecule has 1 aromatic heterocycles. The predicted octanol–water partition coefficient (Wildman–Crippen LogP) is 2.82. The summed E-state index contributed by atoms with van der Waals surface area (Å²) in [5.41, 5.74) is 2.64. The lowest BCUT2D eigenvalue weighted by atomic mass is 9.95. The Morgan fingerprint density at radius 1 is 1.39 bits per heavy atom. The highest BCUT2D eigenvalue weighted by molar-refractivity contribution is 5.20. The van der Waals surface area contributed by atoms with Crippen LogP contribution in [0.4, 0.5) is 0 Å². The molecule has 100 valence electrons.